The van der Waals surface area contributed by atoms with Crippen molar-refractivity contribution in [3.05, 3.63) is 41.2 Å². The Morgan fingerprint density at radius 1 is 1.33 bits per heavy atom. The molecule has 0 unspecified atom stereocenters. The number of carbonyl (C=O) groups is 2. The predicted octanol–water partition coefficient (Wildman–Crippen LogP) is 3.73. The molecule has 27 heavy (non-hydrogen) atoms. The maximum Gasteiger partial charge on any atom is 0.312 e. The summed E-state index contributed by atoms with van der Waals surface area (Å²) >= 11 is 1.34. The van der Waals surface area contributed by atoms with E-state index in [2.05, 4.69) is 17.2 Å². The van der Waals surface area contributed by atoms with E-state index >= 15 is 0 Å². The van der Waals surface area contributed by atoms with Gasteiger partial charge < -0.3 is 10.1 Å². The highest BCUT2D eigenvalue weighted by molar-refractivity contribution is 7.13. The molecule has 1 N–H and O–H groups in total. The van der Waals surface area contributed by atoms with Crippen LogP contribution in [0.3, 0.4) is 0 Å². The van der Waals surface area contributed by atoms with Crippen molar-refractivity contribution in [2.45, 2.75) is 45.1 Å². The van der Waals surface area contributed by atoms with Gasteiger partial charge in [0.15, 0.2) is 6.61 Å². The molecule has 7 heteroatoms. The zero-order valence-corrected chi connectivity index (χ0v) is 16.1. The molecule has 5 nitrogen and oxygen atoms in total. The van der Waals surface area contributed by atoms with E-state index in [1.165, 1.54) is 29.9 Å². The quantitative estimate of drug-likeness (QED) is 0.763. The summed E-state index contributed by atoms with van der Waals surface area (Å²) in [5, 5.41) is 5.33. The van der Waals surface area contributed by atoms with Crippen LogP contribution in [0.15, 0.2) is 29.6 Å². The minimum atomic E-state index is -0.502. The molecule has 1 aromatic heterocycles. The molecule has 1 aliphatic rings. The van der Waals surface area contributed by atoms with Crippen LogP contribution < -0.4 is 5.32 Å². The number of amides is 1. The van der Waals surface area contributed by atoms with Crippen molar-refractivity contribution < 1.29 is 18.7 Å². The highest BCUT2D eigenvalue weighted by atomic mass is 32.1. The second kappa shape index (κ2) is 9.08. The Kier molecular flexibility index (Phi) is 6.55. The third-order valence-corrected chi connectivity index (χ3v) is 5.71. The lowest BCUT2D eigenvalue weighted by molar-refractivity contribution is -0.148. The summed E-state index contributed by atoms with van der Waals surface area (Å²) < 4.78 is 18.4. The van der Waals surface area contributed by atoms with Gasteiger partial charge in [0, 0.05) is 17.0 Å². The van der Waals surface area contributed by atoms with Gasteiger partial charge in [-0.2, -0.15) is 0 Å². The molecule has 2 atom stereocenters. The van der Waals surface area contributed by atoms with E-state index < -0.39 is 5.97 Å². The van der Waals surface area contributed by atoms with Gasteiger partial charge in [0.2, 0.25) is 0 Å². The number of rotatable bonds is 6. The predicted molar refractivity (Wildman–Crippen MR) is 102 cm³/mol. The summed E-state index contributed by atoms with van der Waals surface area (Å²) in [6, 6.07) is 6.32. The number of thiazole rings is 1. The number of hydrogen-bond donors (Lipinski definition) is 1. The zero-order valence-electron chi connectivity index (χ0n) is 15.2. The number of nitrogens with zero attached hydrogens (tertiary/aromatic N) is 1. The average Bonchev–Trinajstić information content (AvgIpc) is 3.10. The standard InChI is InChI=1S/C20H23FN2O3S/c1-13-5-2-3-8-17(13)23-18(24)11-26-19(25)10-16-12-27-20(22-16)14-6-4-7-15(21)9-14/h4,6-7,9,12-13,17H,2-3,5,8,10-11H2,1H3,(H,23,24)/t13-,17+/m0/s1. The van der Waals surface area contributed by atoms with E-state index in [0.29, 0.717) is 22.2 Å². The molecule has 1 saturated carbocycles. The maximum atomic E-state index is 13.3. The monoisotopic (exact) mass is 390 g/mol. The topological polar surface area (TPSA) is 68.3 Å². The second-order valence-electron chi connectivity index (χ2n) is 6.93. The summed E-state index contributed by atoms with van der Waals surface area (Å²) in [4.78, 5) is 28.3. The van der Waals surface area contributed by atoms with Crippen LogP contribution in [0.2, 0.25) is 0 Å². The van der Waals surface area contributed by atoms with Crippen LogP contribution in [0, 0.1) is 11.7 Å². The average molecular weight is 390 g/mol. The first-order chi connectivity index (χ1) is 13.0. The molecule has 0 bridgehead atoms. The van der Waals surface area contributed by atoms with Gasteiger partial charge in [-0.05, 0) is 30.9 Å². The summed E-state index contributed by atoms with van der Waals surface area (Å²) in [7, 11) is 0. The van der Waals surface area contributed by atoms with Crippen LogP contribution in [-0.2, 0) is 20.7 Å². The first-order valence-corrected chi connectivity index (χ1v) is 10.0. The molecule has 1 aromatic carbocycles. The van der Waals surface area contributed by atoms with Crippen LogP contribution in [0.4, 0.5) is 4.39 Å². The second-order valence-corrected chi connectivity index (χ2v) is 7.79. The van der Waals surface area contributed by atoms with Gasteiger partial charge >= 0.3 is 5.97 Å². The molecular weight excluding hydrogens is 367 g/mol. The normalized spacial score (nSPS) is 19.5. The molecular formula is C20H23FN2O3S. The fourth-order valence-electron chi connectivity index (χ4n) is 3.27. The molecule has 144 valence electrons. The number of nitrogens with one attached hydrogen (secondary N) is 1. The Labute approximate surface area is 162 Å². The molecule has 0 aliphatic heterocycles. The van der Waals surface area contributed by atoms with Gasteiger partial charge in [0.05, 0.1) is 12.1 Å². The van der Waals surface area contributed by atoms with Gasteiger partial charge in [-0.1, -0.05) is 31.9 Å². The molecule has 1 heterocycles. The van der Waals surface area contributed by atoms with Gasteiger partial charge in [-0.15, -0.1) is 11.3 Å². The first kappa shape index (κ1) is 19.5. The first-order valence-electron chi connectivity index (χ1n) is 9.16. The Hall–Kier alpha value is -2.28. The van der Waals surface area contributed by atoms with Gasteiger partial charge in [-0.25, -0.2) is 9.37 Å². The van der Waals surface area contributed by atoms with Crippen molar-refractivity contribution in [2.24, 2.45) is 5.92 Å². The smallest absolute Gasteiger partial charge is 0.312 e. The lowest BCUT2D eigenvalue weighted by Gasteiger charge is -2.29. The number of esters is 1. The summed E-state index contributed by atoms with van der Waals surface area (Å²) in [5.74, 6) is -0.643. The number of benzene rings is 1. The van der Waals surface area contributed by atoms with Crippen molar-refractivity contribution in [2.75, 3.05) is 6.61 Å². The van der Waals surface area contributed by atoms with Gasteiger partial charge in [-0.3, -0.25) is 9.59 Å². The van der Waals surface area contributed by atoms with E-state index in [4.69, 9.17) is 4.74 Å². The minimum absolute atomic E-state index is 0.0150. The van der Waals surface area contributed by atoms with Crippen molar-refractivity contribution in [1.29, 1.82) is 0 Å². The highest BCUT2D eigenvalue weighted by Crippen LogP contribution is 2.25. The summed E-state index contributed by atoms with van der Waals surface area (Å²) in [5.41, 5.74) is 1.21. The highest BCUT2D eigenvalue weighted by Gasteiger charge is 2.23. The van der Waals surface area contributed by atoms with E-state index in [9.17, 15) is 14.0 Å². The van der Waals surface area contributed by atoms with Crippen LogP contribution in [0.1, 0.15) is 38.3 Å². The molecule has 2 aromatic rings. The lowest BCUT2D eigenvalue weighted by atomic mass is 9.86. The Morgan fingerprint density at radius 3 is 2.93 bits per heavy atom. The molecule has 1 amide bonds. The summed E-state index contributed by atoms with van der Waals surface area (Å²) in [6.45, 7) is 1.86. The Balaban J connectivity index is 1.46. The third kappa shape index (κ3) is 5.60. The fraction of sp³-hybridized carbons (Fsp3) is 0.450. The van der Waals surface area contributed by atoms with Crippen LogP contribution in [-0.4, -0.2) is 29.5 Å². The van der Waals surface area contributed by atoms with E-state index in [1.807, 2.05) is 0 Å². The Morgan fingerprint density at radius 2 is 2.15 bits per heavy atom. The molecule has 0 spiro atoms. The number of hydrogen-bond acceptors (Lipinski definition) is 5. The molecule has 1 fully saturated rings. The molecule has 1 aliphatic carbocycles. The number of halogens is 1. The van der Waals surface area contributed by atoms with Gasteiger partial charge in [0.1, 0.15) is 10.8 Å². The fourth-order valence-corrected chi connectivity index (χ4v) is 4.08. The van der Waals surface area contributed by atoms with Crippen LogP contribution in [0.25, 0.3) is 10.6 Å². The third-order valence-electron chi connectivity index (χ3n) is 4.77. The van der Waals surface area contributed by atoms with E-state index in [1.54, 1.807) is 17.5 Å². The Bertz CT molecular complexity index is 808. The van der Waals surface area contributed by atoms with Crippen molar-refractivity contribution >= 4 is 23.2 Å². The van der Waals surface area contributed by atoms with E-state index in [0.717, 1.165) is 19.3 Å². The SMILES string of the molecule is C[C@H]1CCCC[C@H]1NC(=O)COC(=O)Cc1csc(-c2cccc(F)c2)n1. The van der Waals surface area contributed by atoms with Crippen LogP contribution in [0.5, 0.6) is 0 Å². The van der Waals surface area contributed by atoms with Gasteiger partial charge in [0.25, 0.3) is 5.91 Å². The number of carbonyl (C=O) groups excluding carboxylic acids is 2. The largest absolute Gasteiger partial charge is 0.455 e. The van der Waals surface area contributed by atoms with Crippen molar-refractivity contribution in [3.63, 3.8) is 0 Å². The van der Waals surface area contributed by atoms with Crippen molar-refractivity contribution in [3.8, 4) is 10.6 Å². The van der Waals surface area contributed by atoms with E-state index in [-0.39, 0.29) is 30.8 Å². The molecule has 0 saturated heterocycles. The van der Waals surface area contributed by atoms with Crippen molar-refractivity contribution in [1.82, 2.24) is 10.3 Å². The number of aromatic nitrogens is 1. The lowest BCUT2D eigenvalue weighted by Crippen LogP contribution is -2.42. The number of ether oxygens (including phenoxy) is 1. The molecule has 0 radical (unpaired) electrons. The maximum absolute atomic E-state index is 13.3. The zero-order chi connectivity index (χ0) is 19.2. The van der Waals surface area contributed by atoms with Crippen LogP contribution >= 0.6 is 11.3 Å². The summed E-state index contributed by atoms with van der Waals surface area (Å²) in [6.07, 6.45) is 4.39. The minimum Gasteiger partial charge on any atom is -0.455 e. The molecule has 3 rings (SSSR count).